The van der Waals surface area contributed by atoms with Crippen molar-refractivity contribution in [3.8, 4) is 5.75 Å². The highest BCUT2D eigenvalue weighted by molar-refractivity contribution is 6.04. The molecule has 0 saturated carbocycles. The Morgan fingerprint density at radius 1 is 1.18 bits per heavy atom. The van der Waals surface area contributed by atoms with E-state index in [1.54, 1.807) is 31.4 Å². The smallest absolute Gasteiger partial charge is 0.307 e. The van der Waals surface area contributed by atoms with Gasteiger partial charge in [0.05, 0.1) is 13.0 Å². The summed E-state index contributed by atoms with van der Waals surface area (Å²) in [6.07, 6.45) is 0.726. The number of amides is 1. The summed E-state index contributed by atoms with van der Waals surface area (Å²) in [5.74, 6) is -0.169. The molecule has 6 heteroatoms. The second-order valence-electron chi connectivity index (χ2n) is 7.45. The fourth-order valence-corrected chi connectivity index (χ4v) is 3.72. The molecule has 3 rings (SSSR count). The van der Waals surface area contributed by atoms with E-state index in [1.165, 1.54) is 0 Å². The number of nitrogens with one attached hydrogen (secondary N) is 1. The van der Waals surface area contributed by atoms with Crippen molar-refractivity contribution in [2.75, 3.05) is 25.5 Å². The third-order valence-corrected chi connectivity index (χ3v) is 5.03. The van der Waals surface area contributed by atoms with E-state index in [9.17, 15) is 14.7 Å². The van der Waals surface area contributed by atoms with Crippen molar-refractivity contribution in [1.29, 1.82) is 0 Å². The van der Waals surface area contributed by atoms with Gasteiger partial charge in [0.25, 0.3) is 5.91 Å². The van der Waals surface area contributed by atoms with Gasteiger partial charge in [-0.05, 0) is 54.3 Å². The van der Waals surface area contributed by atoms with Crippen LogP contribution in [0.2, 0.25) is 0 Å². The molecule has 28 heavy (non-hydrogen) atoms. The molecule has 1 heterocycles. The number of carboxylic acid groups (broad SMARTS) is 1. The molecule has 2 unspecified atom stereocenters. The number of nitrogens with zero attached hydrogens (tertiary/aromatic N) is 1. The maximum atomic E-state index is 12.4. The lowest BCUT2D eigenvalue weighted by Gasteiger charge is -2.34. The van der Waals surface area contributed by atoms with E-state index in [2.05, 4.69) is 17.1 Å². The average Bonchev–Trinajstić information content (AvgIpc) is 2.68. The van der Waals surface area contributed by atoms with E-state index in [0.29, 0.717) is 30.3 Å². The summed E-state index contributed by atoms with van der Waals surface area (Å²) in [6, 6.07) is 14.6. The zero-order valence-corrected chi connectivity index (χ0v) is 16.2. The topological polar surface area (TPSA) is 78.9 Å². The Labute approximate surface area is 165 Å². The lowest BCUT2D eigenvalue weighted by molar-refractivity contribution is -0.144. The Morgan fingerprint density at radius 3 is 2.61 bits per heavy atom. The number of likely N-dealkylation sites (tertiary alicyclic amines) is 1. The predicted octanol–water partition coefficient (Wildman–Crippen LogP) is 3.49. The molecule has 1 aliphatic rings. The van der Waals surface area contributed by atoms with Gasteiger partial charge in [0.15, 0.2) is 0 Å². The van der Waals surface area contributed by atoms with E-state index >= 15 is 0 Å². The number of piperidine rings is 1. The second-order valence-corrected chi connectivity index (χ2v) is 7.45. The Balaban J connectivity index is 1.64. The number of benzene rings is 2. The zero-order chi connectivity index (χ0) is 20.1. The third-order valence-electron chi connectivity index (χ3n) is 5.03. The molecule has 1 amide bonds. The average molecular weight is 382 g/mol. The minimum atomic E-state index is -0.725. The third kappa shape index (κ3) is 5.10. The van der Waals surface area contributed by atoms with Gasteiger partial charge in [-0.1, -0.05) is 19.1 Å². The summed E-state index contributed by atoms with van der Waals surface area (Å²) in [7, 11) is 1.59. The van der Waals surface area contributed by atoms with E-state index < -0.39 is 5.97 Å². The lowest BCUT2D eigenvalue weighted by atomic mass is 9.90. The van der Waals surface area contributed by atoms with Gasteiger partial charge in [-0.25, -0.2) is 0 Å². The Morgan fingerprint density at radius 2 is 1.93 bits per heavy atom. The van der Waals surface area contributed by atoms with Crippen LogP contribution in [0.1, 0.15) is 29.3 Å². The molecule has 1 saturated heterocycles. The van der Waals surface area contributed by atoms with Crippen LogP contribution >= 0.6 is 0 Å². The standard InChI is InChI=1S/C22H26N2O4/c1-15-10-18(22(26)27)14-24(12-15)13-16-4-3-5-19(11-16)23-21(25)17-6-8-20(28-2)9-7-17/h3-9,11,15,18H,10,12-14H2,1-2H3,(H,23,25)(H,26,27). The van der Waals surface area contributed by atoms with Gasteiger partial charge in [0.2, 0.25) is 0 Å². The molecular formula is C22H26N2O4. The number of hydrogen-bond donors (Lipinski definition) is 2. The first-order valence-corrected chi connectivity index (χ1v) is 9.44. The zero-order valence-electron chi connectivity index (χ0n) is 16.2. The molecule has 0 radical (unpaired) electrons. The van der Waals surface area contributed by atoms with Crippen molar-refractivity contribution in [2.24, 2.45) is 11.8 Å². The van der Waals surface area contributed by atoms with Crippen molar-refractivity contribution >= 4 is 17.6 Å². The van der Waals surface area contributed by atoms with Gasteiger partial charge >= 0.3 is 5.97 Å². The molecule has 2 aromatic carbocycles. The van der Waals surface area contributed by atoms with Crippen LogP contribution in [0.5, 0.6) is 5.75 Å². The normalized spacial score (nSPS) is 19.8. The Kier molecular flexibility index (Phi) is 6.31. The highest BCUT2D eigenvalue weighted by Gasteiger charge is 2.29. The number of rotatable bonds is 6. The van der Waals surface area contributed by atoms with Gasteiger partial charge < -0.3 is 15.2 Å². The van der Waals surface area contributed by atoms with Crippen LogP contribution in [0.25, 0.3) is 0 Å². The van der Waals surface area contributed by atoms with Gasteiger partial charge in [-0.15, -0.1) is 0 Å². The summed E-state index contributed by atoms with van der Waals surface area (Å²) in [5.41, 5.74) is 2.32. The number of ether oxygens (including phenoxy) is 1. The summed E-state index contributed by atoms with van der Waals surface area (Å²) in [4.78, 5) is 26.0. The summed E-state index contributed by atoms with van der Waals surface area (Å²) < 4.78 is 5.11. The fraction of sp³-hybridized carbons (Fsp3) is 0.364. The lowest BCUT2D eigenvalue weighted by Crippen LogP contribution is -2.41. The van der Waals surface area contributed by atoms with Crippen LogP contribution in [0.4, 0.5) is 5.69 Å². The Hall–Kier alpha value is -2.86. The van der Waals surface area contributed by atoms with Crippen LogP contribution in [0.3, 0.4) is 0 Å². The summed E-state index contributed by atoms with van der Waals surface area (Å²) >= 11 is 0. The van der Waals surface area contributed by atoms with E-state index in [0.717, 1.165) is 24.2 Å². The van der Waals surface area contributed by atoms with Gasteiger partial charge in [-0.3, -0.25) is 14.5 Å². The van der Waals surface area contributed by atoms with Crippen molar-refractivity contribution < 1.29 is 19.4 Å². The SMILES string of the molecule is COc1ccc(C(=O)Nc2cccc(CN3CC(C)CC(C(=O)O)C3)c2)cc1. The number of carbonyl (C=O) groups excluding carboxylic acids is 1. The molecular weight excluding hydrogens is 356 g/mol. The quantitative estimate of drug-likeness (QED) is 0.800. The van der Waals surface area contributed by atoms with E-state index in [1.807, 2.05) is 24.3 Å². The van der Waals surface area contributed by atoms with Crippen LogP contribution < -0.4 is 10.1 Å². The molecule has 148 valence electrons. The monoisotopic (exact) mass is 382 g/mol. The van der Waals surface area contributed by atoms with E-state index in [4.69, 9.17) is 4.74 Å². The van der Waals surface area contributed by atoms with Crippen LogP contribution in [0.15, 0.2) is 48.5 Å². The maximum Gasteiger partial charge on any atom is 0.307 e. The van der Waals surface area contributed by atoms with Crippen molar-refractivity contribution in [2.45, 2.75) is 19.9 Å². The molecule has 6 nitrogen and oxygen atoms in total. The van der Waals surface area contributed by atoms with Gasteiger partial charge in [0, 0.05) is 30.9 Å². The molecule has 0 aliphatic carbocycles. The second kappa shape index (κ2) is 8.89. The van der Waals surface area contributed by atoms with E-state index in [-0.39, 0.29) is 11.8 Å². The van der Waals surface area contributed by atoms with Crippen molar-refractivity contribution in [1.82, 2.24) is 4.90 Å². The maximum absolute atomic E-state index is 12.4. The molecule has 1 aliphatic heterocycles. The first-order valence-electron chi connectivity index (χ1n) is 9.44. The minimum absolute atomic E-state index is 0.183. The van der Waals surface area contributed by atoms with Crippen LogP contribution in [-0.2, 0) is 11.3 Å². The molecule has 2 N–H and O–H groups in total. The molecule has 2 aromatic rings. The van der Waals surface area contributed by atoms with Gasteiger partial charge in [-0.2, -0.15) is 0 Å². The first kappa shape index (κ1) is 19.9. The first-order chi connectivity index (χ1) is 13.4. The number of hydrogen-bond acceptors (Lipinski definition) is 4. The number of anilines is 1. The molecule has 0 aromatic heterocycles. The highest BCUT2D eigenvalue weighted by Crippen LogP contribution is 2.24. The fourth-order valence-electron chi connectivity index (χ4n) is 3.72. The molecule has 0 bridgehead atoms. The largest absolute Gasteiger partial charge is 0.497 e. The molecule has 2 atom stereocenters. The number of aliphatic carboxylic acids is 1. The number of methoxy groups -OCH3 is 1. The molecule has 0 spiro atoms. The summed E-state index contributed by atoms with van der Waals surface area (Å²) in [5, 5.41) is 12.3. The van der Waals surface area contributed by atoms with Crippen LogP contribution in [0, 0.1) is 11.8 Å². The van der Waals surface area contributed by atoms with Crippen LogP contribution in [-0.4, -0.2) is 42.1 Å². The number of carboxylic acids is 1. The predicted molar refractivity (Wildman–Crippen MR) is 108 cm³/mol. The Bertz CT molecular complexity index is 835. The van der Waals surface area contributed by atoms with Crippen molar-refractivity contribution in [3.05, 3.63) is 59.7 Å². The molecule has 1 fully saturated rings. The summed E-state index contributed by atoms with van der Waals surface area (Å²) in [6.45, 7) is 4.20. The highest BCUT2D eigenvalue weighted by atomic mass is 16.5. The van der Waals surface area contributed by atoms with Gasteiger partial charge in [0.1, 0.15) is 5.75 Å². The number of carbonyl (C=O) groups is 2. The van der Waals surface area contributed by atoms with Crippen molar-refractivity contribution in [3.63, 3.8) is 0 Å². The minimum Gasteiger partial charge on any atom is -0.497 e.